The van der Waals surface area contributed by atoms with Crippen LogP contribution in [-0.2, 0) is 0 Å². The Bertz CT molecular complexity index is 325. The molecule has 0 radical (unpaired) electrons. The van der Waals surface area contributed by atoms with E-state index in [1.807, 2.05) is 30.3 Å². The largest absolute Gasteiger partial charge is 0.473 e. The maximum absolute atomic E-state index is 11.3. The number of hydrogen-bond acceptors (Lipinski definition) is 2. The van der Waals surface area contributed by atoms with Crippen LogP contribution in [0.2, 0.25) is 0 Å². The molecule has 4 nitrogen and oxygen atoms in total. The van der Waals surface area contributed by atoms with Gasteiger partial charge in [0, 0.05) is 6.54 Å². The van der Waals surface area contributed by atoms with Crippen molar-refractivity contribution in [2.75, 3.05) is 13.3 Å². The first-order valence-electron chi connectivity index (χ1n) is 5.88. The standard InChI is InChI=1S/C13H20N2O2/c1-11(2)8-9-14-13(16)15-10-17-12-6-4-3-5-7-12/h3-7,11H,8-10H2,1-2H3,(H2,14,15,16). The molecule has 0 fully saturated rings. The molecule has 94 valence electrons. The van der Waals surface area contributed by atoms with Gasteiger partial charge in [-0.2, -0.15) is 0 Å². The van der Waals surface area contributed by atoms with Gasteiger partial charge in [-0.25, -0.2) is 4.79 Å². The summed E-state index contributed by atoms with van der Waals surface area (Å²) in [6.07, 6.45) is 0.979. The van der Waals surface area contributed by atoms with Crippen molar-refractivity contribution in [1.29, 1.82) is 0 Å². The molecule has 0 heterocycles. The van der Waals surface area contributed by atoms with Crippen molar-refractivity contribution in [1.82, 2.24) is 10.6 Å². The Hall–Kier alpha value is -1.71. The lowest BCUT2D eigenvalue weighted by Crippen LogP contribution is -2.38. The van der Waals surface area contributed by atoms with Crippen LogP contribution in [0.5, 0.6) is 5.75 Å². The number of urea groups is 1. The van der Waals surface area contributed by atoms with E-state index in [4.69, 9.17) is 4.74 Å². The average molecular weight is 236 g/mol. The summed E-state index contributed by atoms with van der Waals surface area (Å²) in [5.74, 6) is 1.34. The van der Waals surface area contributed by atoms with Crippen molar-refractivity contribution < 1.29 is 9.53 Å². The molecule has 0 bridgehead atoms. The average Bonchev–Trinajstić information content (AvgIpc) is 2.30. The van der Waals surface area contributed by atoms with Crippen LogP contribution in [0.25, 0.3) is 0 Å². The van der Waals surface area contributed by atoms with Gasteiger partial charge in [-0.15, -0.1) is 0 Å². The van der Waals surface area contributed by atoms with Crippen LogP contribution in [-0.4, -0.2) is 19.3 Å². The lowest BCUT2D eigenvalue weighted by Gasteiger charge is -2.10. The Balaban J connectivity index is 2.08. The smallest absolute Gasteiger partial charge is 0.317 e. The van der Waals surface area contributed by atoms with Gasteiger partial charge in [0.15, 0.2) is 6.73 Å². The van der Waals surface area contributed by atoms with E-state index < -0.39 is 0 Å². The molecule has 0 aliphatic heterocycles. The third kappa shape index (κ3) is 6.45. The minimum atomic E-state index is -0.193. The van der Waals surface area contributed by atoms with Crippen LogP contribution < -0.4 is 15.4 Å². The number of hydrogen-bond donors (Lipinski definition) is 2. The first-order valence-corrected chi connectivity index (χ1v) is 5.88. The van der Waals surface area contributed by atoms with Gasteiger partial charge < -0.3 is 15.4 Å². The summed E-state index contributed by atoms with van der Waals surface area (Å²) in [7, 11) is 0. The van der Waals surface area contributed by atoms with E-state index in [9.17, 15) is 4.79 Å². The number of carbonyl (C=O) groups excluding carboxylic acids is 1. The van der Waals surface area contributed by atoms with Crippen molar-refractivity contribution in [2.45, 2.75) is 20.3 Å². The number of para-hydroxylation sites is 1. The van der Waals surface area contributed by atoms with Crippen molar-refractivity contribution in [2.24, 2.45) is 5.92 Å². The highest BCUT2D eigenvalue weighted by molar-refractivity contribution is 5.73. The summed E-state index contributed by atoms with van der Waals surface area (Å²) < 4.78 is 5.33. The quantitative estimate of drug-likeness (QED) is 0.745. The topological polar surface area (TPSA) is 50.4 Å². The second-order valence-corrected chi connectivity index (χ2v) is 4.22. The second kappa shape index (κ2) is 7.54. The molecule has 1 rings (SSSR count). The van der Waals surface area contributed by atoms with E-state index in [-0.39, 0.29) is 12.8 Å². The van der Waals surface area contributed by atoms with Gasteiger partial charge in [0.2, 0.25) is 0 Å². The fraction of sp³-hybridized carbons (Fsp3) is 0.462. The number of carbonyl (C=O) groups is 1. The van der Waals surface area contributed by atoms with E-state index in [0.29, 0.717) is 12.5 Å². The van der Waals surface area contributed by atoms with Crippen molar-refractivity contribution in [3.8, 4) is 5.75 Å². The highest BCUT2D eigenvalue weighted by Gasteiger charge is 2.00. The van der Waals surface area contributed by atoms with Crippen LogP contribution in [0.1, 0.15) is 20.3 Å². The monoisotopic (exact) mass is 236 g/mol. The molecule has 0 saturated heterocycles. The Labute approximate surface area is 102 Å². The molecule has 1 aromatic carbocycles. The fourth-order valence-corrected chi connectivity index (χ4v) is 1.24. The number of amides is 2. The Morgan fingerprint density at radius 3 is 2.59 bits per heavy atom. The Kier molecular flexibility index (Phi) is 5.93. The Morgan fingerprint density at radius 1 is 1.24 bits per heavy atom. The maximum atomic E-state index is 11.3. The van der Waals surface area contributed by atoms with Gasteiger partial charge >= 0.3 is 6.03 Å². The first kappa shape index (κ1) is 13.4. The predicted octanol–water partition coefficient (Wildman–Crippen LogP) is 2.37. The van der Waals surface area contributed by atoms with Crippen molar-refractivity contribution >= 4 is 6.03 Å². The SMILES string of the molecule is CC(C)CCNC(=O)NCOc1ccccc1. The number of nitrogens with one attached hydrogen (secondary N) is 2. The summed E-state index contributed by atoms with van der Waals surface area (Å²) >= 11 is 0. The van der Waals surface area contributed by atoms with E-state index in [1.165, 1.54) is 0 Å². The zero-order valence-electron chi connectivity index (χ0n) is 10.4. The van der Waals surface area contributed by atoms with E-state index >= 15 is 0 Å². The molecule has 0 aromatic heterocycles. The molecule has 0 atom stereocenters. The summed E-state index contributed by atoms with van der Waals surface area (Å²) in [6, 6.07) is 9.19. The van der Waals surface area contributed by atoms with E-state index in [2.05, 4.69) is 24.5 Å². The molecular formula is C13H20N2O2. The van der Waals surface area contributed by atoms with Crippen molar-refractivity contribution in [3.63, 3.8) is 0 Å². The van der Waals surface area contributed by atoms with Crippen LogP contribution in [0, 0.1) is 5.92 Å². The highest BCUT2D eigenvalue weighted by Crippen LogP contribution is 2.06. The third-order valence-corrected chi connectivity index (χ3v) is 2.22. The lowest BCUT2D eigenvalue weighted by atomic mass is 10.1. The van der Waals surface area contributed by atoms with Crippen LogP contribution in [0.3, 0.4) is 0 Å². The molecule has 1 aromatic rings. The maximum Gasteiger partial charge on any atom is 0.317 e. The van der Waals surface area contributed by atoms with Gasteiger partial charge in [-0.1, -0.05) is 32.0 Å². The molecule has 4 heteroatoms. The number of benzene rings is 1. The normalized spacial score (nSPS) is 10.1. The summed E-state index contributed by atoms with van der Waals surface area (Å²) in [6.45, 7) is 5.11. The zero-order chi connectivity index (χ0) is 12.5. The lowest BCUT2D eigenvalue weighted by molar-refractivity contribution is 0.223. The highest BCUT2D eigenvalue weighted by atomic mass is 16.5. The molecule has 0 unspecified atom stereocenters. The Morgan fingerprint density at radius 2 is 1.94 bits per heavy atom. The molecule has 0 aliphatic carbocycles. The second-order valence-electron chi connectivity index (χ2n) is 4.22. The molecule has 0 saturated carbocycles. The van der Waals surface area contributed by atoms with Gasteiger partial charge in [0.25, 0.3) is 0 Å². The van der Waals surface area contributed by atoms with Crippen LogP contribution >= 0.6 is 0 Å². The van der Waals surface area contributed by atoms with E-state index in [0.717, 1.165) is 12.2 Å². The van der Waals surface area contributed by atoms with Gasteiger partial charge in [-0.05, 0) is 24.5 Å². The van der Waals surface area contributed by atoms with Crippen LogP contribution in [0.4, 0.5) is 4.79 Å². The predicted molar refractivity (Wildman–Crippen MR) is 67.9 cm³/mol. The van der Waals surface area contributed by atoms with Crippen LogP contribution in [0.15, 0.2) is 30.3 Å². The molecule has 0 aliphatic rings. The number of rotatable bonds is 6. The minimum Gasteiger partial charge on any atom is -0.473 e. The fourth-order valence-electron chi connectivity index (χ4n) is 1.24. The molecule has 17 heavy (non-hydrogen) atoms. The van der Waals surface area contributed by atoms with Gasteiger partial charge in [0.1, 0.15) is 5.75 Å². The summed E-state index contributed by atoms with van der Waals surface area (Å²) in [5.41, 5.74) is 0. The summed E-state index contributed by atoms with van der Waals surface area (Å²) in [5, 5.41) is 5.40. The summed E-state index contributed by atoms with van der Waals surface area (Å²) in [4.78, 5) is 11.3. The number of ether oxygens (including phenoxy) is 1. The molecule has 2 amide bonds. The first-order chi connectivity index (χ1) is 8.18. The van der Waals surface area contributed by atoms with Crippen molar-refractivity contribution in [3.05, 3.63) is 30.3 Å². The molecular weight excluding hydrogens is 216 g/mol. The minimum absolute atomic E-state index is 0.178. The van der Waals surface area contributed by atoms with E-state index in [1.54, 1.807) is 0 Å². The molecule has 2 N–H and O–H groups in total. The van der Waals surface area contributed by atoms with Gasteiger partial charge in [0.05, 0.1) is 0 Å². The molecule has 0 spiro atoms. The van der Waals surface area contributed by atoms with Gasteiger partial charge in [-0.3, -0.25) is 0 Å². The third-order valence-electron chi connectivity index (χ3n) is 2.22. The zero-order valence-corrected chi connectivity index (χ0v) is 10.4.